The number of benzene rings is 1. The topological polar surface area (TPSA) is 44.8 Å². The second-order valence-corrected chi connectivity index (χ2v) is 6.92. The van der Waals surface area contributed by atoms with Gasteiger partial charge in [-0.25, -0.2) is 4.79 Å². The summed E-state index contributed by atoms with van der Waals surface area (Å²) >= 11 is 2.00. The molecule has 3 rings (SSSR count). The Morgan fingerprint density at radius 1 is 1.36 bits per heavy atom. The molecule has 0 saturated carbocycles. The molecule has 0 aromatic heterocycles. The second kappa shape index (κ2) is 7.24. The first-order valence-corrected chi connectivity index (χ1v) is 9.00. The number of nitrogens with one attached hydrogen (secondary N) is 1. The SMILES string of the molecule is CC1CN(C(=O)NCCN2CCSCC2)c2ccccc2O1. The van der Waals surface area contributed by atoms with Crippen molar-refractivity contribution < 1.29 is 9.53 Å². The van der Waals surface area contributed by atoms with E-state index in [0.29, 0.717) is 13.1 Å². The standard InChI is InChI=1S/C16H23N3O2S/c1-13-12-19(14-4-2-3-5-15(14)21-13)16(20)17-6-7-18-8-10-22-11-9-18/h2-5,13H,6-12H2,1H3,(H,17,20). The van der Waals surface area contributed by atoms with E-state index in [1.54, 1.807) is 4.90 Å². The van der Waals surface area contributed by atoms with E-state index in [1.165, 1.54) is 11.5 Å². The van der Waals surface area contributed by atoms with Gasteiger partial charge in [-0.1, -0.05) is 12.1 Å². The Bertz CT molecular complexity index is 520. The average molecular weight is 321 g/mol. The molecule has 1 N–H and O–H groups in total. The van der Waals surface area contributed by atoms with Gasteiger partial charge in [0, 0.05) is 37.7 Å². The van der Waals surface area contributed by atoms with Gasteiger partial charge in [0.25, 0.3) is 0 Å². The third-order valence-electron chi connectivity index (χ3n) is 3.98. The van der Waals surface area contributed by atoms with Crippen molar-refractivity contribution in [2.24, 2.45) is 0 Å². The number of para-hydroxylation sites is 2. The number of nitrogens with zero attached hydrogens (tertiary/aromatic N) is 2. The van der Waals surface area contributed by atoms with E-state index < -0.39 is 0 Å². The van der Waals surface area contributed by atoms with E-state index in [4.69, 9.17) is 4.74 Å². The van der Waals surface area contributed by atoms with Crippen molar-refractivity contribution in [3.8, 4) is 5.75 Å². The molecule has 2 aliphatic heterocycles. The lowest BCUT2D eigenvalue weighted by Crippen LogP contribution is -2.49. The van der Waals surface area contributed by atoms with Crippen LogP contribution in [-0.2, 0) is 0 Å². The summed E-state index contributed by atoms with van der Waals surface area (Å²) in [7, 11) is 0. The number of rotatable bonds is 3. The van der Waals surface area contributed by atoms with Gasteiger partial charge < -0.3 is 10.1 Å². The van der Waals surface area contributed by atoms with Crippen LogP contribution in [0.15, 0.2) is 24.3 Å². The largest absolute Gasteiger partial charge is 0.487 e. The minimum atomic E-state index is -0.0333. The monoisotopic (exact) mass is 321 g/mol. The molecule has 1 atom stereocenters. The number of amides is 2. The highest BCUT2D eigenvalue weighted by molar-refractivity contribution is 7.99. The highest BCUT2D eigenvalue weighted by Gasteiger charge is 2.27. The Balaban J connectivity index is 1.55. The Kier molecular flexibility index (Phi) is 5.10. The predicted octanol–water partition coefficient (Wildman–Crippen LogP) is 2.03. The van der Waals surface area contributed by atoms with Crippen LogP contribution in [0.5, 0.6) is 5.75 Å². The zero-order chi connectivity index (χ0) is 15.4. The van der Waals surface area contributed by atoms with Crippen molar-refractivity contribution in [1.82, 2.24) is 10.2 Å². The molecule has 1 aromatic carbocycles. The van der Waals surface area contributed by atoms with Gasteiger partial charge in [0.2, 0.25) is 0 Å². The number of fused-ring (bicyclic) bond motifs is 1. The lowest BCUT2D eigenvalue weighted by atomic mass is 10.2. The van der Waals surface area contributed by atoms with Crippen LogP contribution in [0.4, 0.5) is 10.5 Å². The van der Waals surface area contributed by atoms with E-state index in [9.17, 15) is 4.79 Å². The molecule has 2 heterocycles. The molecule has 5 nitrogen and oxygen atoms in total. The summed E-state index contributed by atoms with van der Waals surface area (Å²) in [5.41, 5.74) is 0.854. The van der Waals surface area contributed by atoms with E-state index in [0.717, 1.165) is 31.1 Å². The van der Waals surface area contributed by atoms with Crippen molar-refractivity contribution in [2.75, 3.05) is 49.1 Å². The minimum Gasteiger partial charge on any atom is -0.487 e. The fraction of sp³-hybridized carbons (Fsp3) is 0.562. The third-order valence-corrected chi connectivity index (χ3v) is 4.92. The zero-order valence-electron chi connectivity index (χ0n) is 13.0. The van der Waals surface area contributed by atoms with Crippen LogP contribution < -0.4 is 15.0 Å². The minimum absolute atomic E-state index is 0.0137. The van der Waals surface area contributed by atoms with Gasteiger partial charge in [-0.15, -0.1) is 0 Å². The quantitative estimate of drug-likeness (QED) is 0.925. The molecule has 1 fully saturated rings. The van der Waals surface area contributed by atoms with Crippen molar-refractivity contribution in [1.29, 1.82) is 0 Å². The number of hydrogen-bond donors (Lipinski definition) is 1. The summed E-state index contributed by atoms with van der Waals surface area (Å²) in [5.74, 6) is 3.18. The average Bonchev–Trinajstić information content (AvgIpc) is 2.55. The maximum Gasteiger partial charge on any atom is 0.322 e. The molecule has 2 aliphatic rings. The fourth-order valence-corrected chi connectivity index (χ4v) is 3.80. The van der Waals surface area contributed by atoms with E-state index in [1.807, 2.05) is 43.0 Å². The van der Waals surface area contributed by atoms with E-state index in [-0.39, 0.29) is 12.1 Å². The Labute approximate surface area is 136 Å². The molecule has 0 spiro atoms. The van der Waals surface area contributed by atoms with Crippen LogP contribution in [0.3, 0.4) is 0 Å². The second-order valence-electron chi connectivity index (χ2n) is 5.69. The Morgan fingerprint density at radius 2 is 2.14 bits per heavy atom. The number of thioether (sulfide) groups is 1. The Morgan fingerprint density at radius 3 is 2.95 bits per heavy atom. The van der Waals surface area contributed by atoms with Gasteiger partial charge in [-0.2, -0.15) is 11.8 Å². The highest BCUT2D eigenvalue weighted by atomic mass is 32.2. The third kappa shape index (κ3) is 3.67. The van der Waals surface area contributed by atoms with Crippen LogP contribution in [0.1, 0.15) is 6.92 Å². The molecule has 1 aromatic rings. The van der Waals surface area contributed by atoms with Crippen molar-refractivity contribution in [3.63, 3.8) is 0 Å². The van der Waals surface area contributed by atoms with Gasteiger partial charge in [0.05, 0.1) is 12.2 Å². The Hall–Kier alpha value is -1.40. The lowest BCUT2D eigenvalue weighted by Gasteiger charge is -2.33. The predicted molar refractivity (Wildman–Crippen MR) is 91.0 cm³/mol. The van der Waals surface area contributed by atoms with E-state index in [2.05, 4.69) is 10.2 Å². The summed E-state index contributed by atoms with van der Waals surface area (Å²) in [6.45, 7) is 6.44. The summed E-state index contributed by atoms with van der Waals surface area (Å²) in [6, 6.07) is 7.68. The first-order chi connectivity index (χ1) is 10.7. The fourth-order valence-electron chi connectivity index (χ4n) is 2.82. The van der Waals surface area contributed by atoms with Crippen molar-refractivity contribution in [3.05, 3.63) is 24.3 Å². The van der Waals surface area contributed by atoms with Crippen molar-refractivity contribution in [2.45, 2.75) is 13.0 Å². The molecule has 120 valence electrons. The van der Waals surface area contributed by atoms with E-state index >= 15 is 0 Å². The molecular formula is C16H23N3O2S. The molecule has 1 unspecified atom stereocenters. The molecule has 0 radical (unpaired) electrons. The molecule has 0 aliphatic carbocycles. The van der Waals surface area contributed by atoms with Gasteiger partial charge >= 0.3 is 6.03 Å². The summed E-state index contributed by atoms with van der Waals surface area (Å²) in [6.07, 6.45) is 0.0137. The zero-order valence-corrected chi connectivity index (χ0v) is 13.8. The molecular weight excluding hydrogens is 298 g/mol. The molecule has 6 heteroatoms. The van der Waals surface area contributed by atoms with Crippen molar-refractivity contribution >= 4 is 23.5 Å². The number of carbonyl (C=O) groups is 1. The maximum atomic E-state index is 12.5. The van der Waals surface area contributed by atoms with Gasteiger partial charge in [0.1, 0.15) is 11.9 Å². The van der Waals surface area contributed by atoms with Crippen LogP contribution in [0, 0.1) is 0 Å². The van der Waals surface area contributed by atoms with Crippen LogP contribution in [-0.4, -0.2) is 61.3 Å². The van der Waals surface area contributed by atoms with Gasteiger partial charge in [-0.05, 0) is 19.1 Å². The number of carbonyl (C=O) groups excluding carboxylic acids is 1. The number of hydrogen-bond acceptors (Lipinski definition) is 4. The van der Waals surface area contributed by atoms with Crippen LogP contribution in [0.25, 0.3) is 0 Å². The summed E-state index contributed by atoms with van der Waals surface area (Å²) < 4.78 is 5.78. The number of urea groups is 1. The number of anilines is 1. The normalized spacial score (nSPS) is 21.9. The smallest absolute Gasteiger partial charge is 0.322 e. The van der Waals surface area contributed by atoms with Gasteiger partial charge in [0.15, 0.2) is 0 Å². The summed E-state index contributed by atoms with van der Waals surface area (Å²) in [4.78, 5) is 16.7. The highest BCUT2D eigenvalue weighted by Crippen LogP contribution is 2.32. The molecule has 22 heavy (non-hydrogen) atoms. The lowest BCUT2D eigenvalue weighted by molar-refractivity contribution is 0.204. The van der Waals surface area contributed by atoms with Gasteiger partial charge in [-0.3, -0.25) is 9.80 Å². The molecule has 2 amide bonds. The summed E-state index contributed by atoms with van der Waals surface area (Å²) in [5, 5.41) is 3.04. The molecule has 0 bridgehead atoms. The number of ether oxygens (including phenoxy) is 1. The first kappa shape index (κ1) is 15.5. The molecule has 1 saturated heterocycles. The van der Waals surface area contributed by atoms with Crippen LogP contribution >= 0.6 is 11.8 Å². The first-order valence-electron chi connectivity index (χ1n) is 7.85. The maximum absolute atomic E-state index is 12.5. The van der Waals surface area contributed by atoms with Crippen LogP contribution in [0.2, 0.25) is 0 Å².